The summed E-state index contributed by atoms with van der Waals surface area (Å²) >= 11 is 0. The highest BCUT2D eigenvalue weighted by Crippen LogP contribution is 2.37. The summed E-state index contributed by atoms with van der Waals surface area (Å²) in [6.07, 6.45) is 3.64. The molecule has 32 heavy (non-hydrogen) atoms. The fraction of sp³-hybridized carbons (Fsp3) is 0.522. The van der Waals surface area contributed by atoms with E-state index in [1.165, 1.54) is 6.07 Å². The predicted molar refractivity (Wildman–Crippen MR) is 124 cm³/mol. The fourth-order valence-electron chi connectivity index (χ4n) is 4.85. The number of aromatic nitrogens is 2. The Morgan fingerprint density at radius 2 is 1.91 bits per heavy atom. The number of anilines is 2. The molecule has 0 radical (unpaired) electrons. The van der Waals surface area contributed by atoms with Gasteiger partial charge in [0.15, 0.2) is 5.03 Å². The normalized spacial score (nSPS) is 22.9. The van der Waals surface area contributed by atoms with Gasteiger partial charge in [-0.1, -0.05) is 19.9 Å². The minimum atomic E-state index is -4.14. The predicted octanol–water partition coefficient (Wildman–Crippen LogP) is 3.07. The summed E-state index contributed by atoms with van der Waals surface area (Å²) in [4.78, 5) is 26.0. The van der Waals surface area contributed by atoms with Gasteiger partial charge in [0.25, 0.3) is 15.9 Å². The van der Waals surface area contributed by atoms with Crippen molar-refractivity contribution in [1.29, 1.82) is 0 Å². The lowest BCUT2D eigenvalue weighted by Gasteiger charge is -2.33. The number of amides is 1. The number of rotatable bonds is 5. The minimum absolute atomic E-state index is 0.163. The smallest absolute Gasteiger partial charge is 0.281 e. The monoisotopic (exact) mass is 457 g/mol. The molecular weight excluding hydrogens is 426 g/mol. The molecule has 0 aliphatic carbocycles. The number of carbonyl (C=O) groups is 1. The van der Waals surface area contributed by atoms with Crippen molar-refractivity contribution in [2.75, 3.05) is 29.4 Å². The molecule has 8 nitrogen and oxygen atoms in total. The van der Waals surface area contributed by atoms with Gasteiger partial charge in [-0.2, -0.15) is 8.42 Å². The molecule has 4 rings (SSSR count). The maximum atomic E-state index is 13.1. The summed E-state index contributed by atoms with van der Waals surface area (Å²) in [5.74, 6) is 1.40. The van der Waals surface area contributed by atoms with Crippen LogP contribution in [-0.2, 0) is 10.0 Å². The van der Waals surface area contributed by atoms with Crippen molar-refractivity contribution < 1.29 is 13.2 Å². The van der Waals surface area contributed by atoms with Crippen molar-refractivity contribution in [1.82, 2.24) is 14.7 Å². The first-order chi connectivity index (χ1) is 15.1. The van der Waals surface area contributed by atoms with Gasteiger partial charge < -0.3 is 9.80 Å². The second kappa shape index (κ2) is 8.35. The maximum Gasteiger partial charge on any atom is 0.281 e. The van der Waals surface area contributed by atoms with Crippen molar-refractivity contribution in [3.63, 3.8) is 0 Å². The third-order valence-electron chi connectivity index (χ3n) is 6.32. The van der Waals surface area contributed by atoms with Crippen LogP contribution < -0.4 is 14.5 Å². The van der Waals surface area contributed by atoms with Crippen LogP contribution in [-0.4, -0.2) is 49.5 Å². The van der Waals surface area contributed by atoms with E-state index in [0.717, 1.165) is 32.5 Å². The maximum absolute atomic E-state index is 13.1. The zero-order chi connectivity index (χ0) is 23.1. The Kier molecular flexibility index (Phi) is 5.87. The Labute approximate surface area is 190 Å². The third-order valence-corrected chi connectivity index (χ3v) is 7.55. The van der Waals surface area contributed by atoms with Crippen molar-refractivity contribution in [3.05, 3.63) is 42.1 Å². The molecule has 2 saturated heterocycles. The van der Waals surface area contributed by atoms with E-state index in [4.69, 9.17) is 0 Å². The summed E-state index contributed by atoms with van der Waals surface area (Å²) in [7, 11) is -4.14. The molecule has 2 aromatic heterocycles. The lowest BCUT2D eigenvalue weighted by atomic mass is 9.97. The van der Waals surface area contributed by atoms with Crippen LogP contribution in [0.4, 0.5) is 11.6 Å². The number of carbonyl (C=O) groups excluding carboxylic acids is 1. The zero-order valence-corrected chi connectivity index (χ0v) is 19.9. The van der Waals surface area contributed by atoms with Crippen LogP contribution >= 0.6 is 0 Å². The molecule has 2 aromatic rings. The van der Waals surface area contributed by atoms with Gasteiger partial charge in [0.05, 0.1) is 5.56 Å². The standard InChI is InChI=1S/C23H31N5O3S/c1-16-10-12-27(14-16)19-8-5-9-20(25-19)32(30,31)26-22(29)18-7-6-11-24-21(18)28-15-17(2)13-23(28,3)4/h5-9,11,16-17H,10,12-15H2,1-4H3,(H,26,29). The van der Waals surface area contributed by atoms with Crippen LogP contribution in [0.1, 0.15) is 50.9 Å². The first-order valence-electron chi connectivity index (χ1n) is 11.1. The van der Waals surface area contributed by atoms with E-state index in [2.05, 4.69) is 52.2 Å². The van der Waals surface area contributed by atoms with E-state index in [1.807, 2.05) is 0 Å². The number of hydrogen-bond donors (Lipinski definition) is 1. The summed E-state index contributed by atoms with van der Waals surface area (Å²) < 4.78 is 28.2. The van der Waals surface area contributed by atoms with Gasteiger partial charge in [-0.3, -0.25) is 4.79 Å². The molecule has 2 atom stereocenters. The van der Waals surface area contributed by atoms with Crippen molar-refractivity contribution >= 4 is 27.6 Å². The van der Waals surface area contributed by atoms with Gasteiger partial charge in [-0.25, -0.2) is 14.7 Å². The van der Waals surface area contributed by atoms with Crippen LogP contribution in [0.2, 0.25) is 0 Å². The Morgan fingerprint density at radius 1 is 1.12 bits per heavy atom. The van der Waals surface area contributed by atoms with Crippen LogP contribution in [0.15, 0.2) is 41.6 Å². The van der Waals surface area contributed by atoms with E-state index in [9.17, 15) is 13.2 Å². The van der Waals surface area contributed by atoms with Crippen LogP contribution in [0, 0.1) is 11.8 Å². The van der Waals surface area contributed by atoms with Crippen molar-refractivity contribution in [2.45, 2.75) is 51.1 Å². The van der Waals surface area contributed by atoms with Gasteiger partial charge in [0.2, 0.25) is 0 Å². The molecule has 1 N–H and O–H groups in total. The van der Waals surface area contributed by atoms with E-state index >= 15 is 0 Å². The molecule has 4 heterocycles. The number of nitrogens with one attached hydrogen (secondary N) is 1. The number of hydrogen-bond acceptors (Lipinski definition) is 7. The first-order valence-corrected chi connectivity index (χ1v) is 12.6. The van der Waals surface area contributed by atoms with Gasteiger partial charge in [0, 0.05) is 31.4 Å². The highest BCUT2D eigenvalue weighted by atomic mass is 32.2. The molecule has 172 valence electrons. The molecule has 2 unspecified atom stereocenters. The largest absolute Gasteiger partial charge is 0.356 e. The van der Waals surface area contributed by atoms with Crippen LogP contribution in [0.5, 0.6) is 0 Å². The molecule has 1 amide bonds. The highest BCUT2D eigenvalue weighted by Gasteiger charge is 2.39. The summed E-state index contributed by atoms with van der Waals surface area (Å²) in [6.45, 7) is 11.0. The van der Waals surface area contributed by atoms with Crippen molar-refractivity contribution in [2.24, 2.45) is 11.8 Å². The van der Waals surface area contributed by atoms with Gasteiger partial charge in [-0.05, 0) is 62.8 Å². The number of nitrogens with zero attached hydrogens (tertiary/aromatic N) is 4. The van der Waals surface area contributed by atoms with Gasteiger partial charge in [-0.15, -0.1) is 0 Å². The summed E-state index contributed by atoms with van der Waals surface area (Å²) in [5.41, 5.74) is 0.0625. The van der Waals surface area contributed by atoms with Crippen LogP contribution in [0.3, 0.4) is 0 Å². The van der Waals surface area contributed by atoms with E-state index in [0.29, 0.717) is 23.5 Å². The van der Waals surface area contributed by atoms with E-state index < -0.39 is 15.9 Å². The average molecular weight is 458 g/mol. The lowest BCUT2D eigenvalue weighted by molar-refractivity contribution is 0.0981. The Morgan fingerprint density at radius 3 is 2.56 bits per heavy atom. The minimum Gasteiger partial charge on any atom is -0.356 e. The molecular formula is C23H31N5O3S. The molecule has 0 bridgehead atoms. The first kappa shape index (κ1) is 22.5. The Balaban J connectivity index is 1.59. The Hall–Kier alpha value is -2.68. The zero-order valence-electron chi connectivity index (χ0n) is 19.1. The van der Waals surface area contributed by atoms with Gasteiger partial charge >= 0.3 is 0 Å². The fourth-order valence-corrected chi connectivity index (χ4v) is 5.78. The van der Waals surface area contributed by atoms with E-state index in [1.54, 1.807) is 30.5 Å². The average Bonchev–Trinajstić information content (AvgIpc) is 3.29. The summed E-state index contributed by atoms with van der Waals surface area (Å²) in [6, 6.07) is 8.13. The topological polar surface area (TPSA) is 95.5 Å². The molecule has 2 fully saturated rings. The van der Waals surface area contributed by atoms with Gasteiger partial charge in [0.1, 0.15) is 11.6 Å². The molecule has 2 aliphatic rings. The number of pyridine rings is 2. The second-order valence-corrected chi connectivity index (χ2v) is 11.3. The van der Waals surface area contributed by atoms with Crippen LogP contribution in [0.25, 0.3) is 0 Å². The van der Waals surface area contributed by atoms with Crippen molar-refractivity contribution in [3.8, 4) is 0 Å². The highest BCUT2D eigenvalue weighted by molar-refractivity contribution is 7.90. The third kappa shape index (κ3) is 4.44. The summed E-state index contributed by atoms with van der Waals surface area (Å²) in [5, 5.41) is -0.163. The quantitative estimate of drug-likeness (QED) is 0.737. The molecule has 9 heteroatoms. The Bertz CT molecular complexity index is 1120. The molecule has 0 saturated carbocycles. The lowest BCUT2D eigenvalue weighted by Crippen LogP contribution is -2.41. The molecule has 0 spiro atoms. The van der Waals surface area contributed by atoms with E-state index in [-0.39, 0.29) is 16.1 Å². The SMILES string of the molecule is CC1CCN(c2cccc(S(=O)(=O)NC(=O)c3cccnc3N3CC(C)CC3(C)C)n2)C1. The molecule has 0 aromatic carbocycles. The molecule has 2 aliphatic heterocycles. The number of sulfonamides is 1. The second-order valence-electron chi connectivity index (χ2n) is 9.72.